The molecule has 0 atom stereocenters. The van der Waals surface area contributed by atoms with Gasteiger partial charge < -0.3 is 10.6 Å². The van der Waals surface area contributed by atoms with E-state index in [1.807, 2.05) is 42.5 Å². The molecule has 0 radical (unpaired) electrons. The van der Waals surface area contributed by atoms with Crippen molar-refractivity contribution < 1.29 is 9.59 Å². The van der Waals surface area contributed by atoms with E-state index in [2.05, 4.69) is 36.8 Å². The van der Waals surface area contributed by atoms with Gasteiger partial charge in [-0.1, -0.05) is 54.2 Å². The van der Waals surface area contributed by atoms with E-state index in [0.717, 1.165) is 21.8 Å². The minimum absolute atomic E-state index is 0.0396. The monoisotopic (exact) mass is 489 g/mol. The highest BCUT2D eigenvalue weighted by Gasteiger charge is 2.13. The van der Waals surface area contributed by atoms with Crippen LogP contribution < -0.4 is 16.3 Å². The fourth-order valence-electron chi connectivity index (χ4n) is 2.61. The van der Waals surface area contributed by atoms with Crippen LogP contribution in [-0.4, -0.2) is 38.9 Å². The first-order valence-electron chi connectivity index (χ1n) is 9.16. The Bertz CT molecular complexity index is 1070. The average molecular weight is 490 g/mol. The average Bonchev–Trinajstić information content (AvgIpc) is 3.11. The lowest BCUT2D eigenvalue weighted by molar-refractivity contribution is -0.122. The Kier molecular flexibility index (Phi) is 7.86. The second-order valence-electron chi connectivity index (χ2n) is 6.29. The van der Waals surface area contributed by atoms with Crippen LogP contribution >= 0.6 is 27.7 Å². The SMILES string of the molecule is O=C(CSc1n[nH]c(=O)n1CCc1ccccc1)NCC(=O)Nc1ccccc1Br. The Morgan fingerprint density at radius 2 is 1.80 bits per heavy atom. The molecule has 10 heteroatoms. The highest BCUT2D eigenvalue weighted by atomic mass is 79.9. The normalized spacial score (nSPS) is 10.6. The molecule has 1 heterocycles. The van der Waals surface area contributed by atoms with Crippen molar-refractivity contribution in [1.82, 2.24) is 20.1 Å². The van der Waals surface area contributed by atoms with Gasteiger partial charge in [0.25, 0.3) is 0 Å². The molecule has 0 aliphatic heterocycles. The van der Waals surface area contributed by atoms with Crippen molar-refractivity contribution in [1.29, 1.82) is 0 Å². The number of rotatable bonds is 9. The van der Waals surface area contributed by atoms with E-state index in [1.165, 1.54) is 4.57 Å². The van der Waals surface area contributed by atoms with Crippen molar-refractivity contribution in [3.63, 3.8) is 0 Å². The number of thioether (sulfide) groups is 1. The molecule has 156 valence electrons. The first kappa shape index (κ1) is 21.8. The van der Waals surface area contributed by atoms with Gasteiger partial charge in [0, 0.05) is 11.0 Å². The highest BCUT2D eigenvalue weighted by Crippen LogP contribution is 2.20. The number of hydrogen-bond acceptors (Lipinski definition) is 5. The Morgan fingerprint density at radius 1 is 1.07 bits per heavy atom. The van der Waals surface area contributed by atoms with Crippen LogP contribution in [0.5, 0.6) is 0 Å². The number of hydrogen-bond donors (Lipinski definition) is 3. The van der Waals surface area contributed by atoms with Gasteiger partial charge in [0.1, 0.15) is 0 Å². The number of aromatic nitrogens is 3. The summed E-state index contributed by atoms with van der Waals surface area (Å²) in [4.78, 5) is 36.1. The summed E-state index contributed by atoms with van der Waals surface area (Å²) in [5.41, 5.74) is 1.42. The maximum atomic E-state index is 12.1. The molecular formula is C20H20BrN5O3S. The van der Waals surface area contributed by atoms with Gasteiger partial charge in [-0.2, -0.15) is 0 Å². The van der Waals surface area contributed by atoms with Gasteiger partial charge >= 0.3 is 5.69 Å². The summed E-state index contributed by atoms with van der Waals surface area (Å²) in [5.74, 6) is -0.620. The molecule has 0 aliphatic carbocycles. The van der Waals surface area contributed by atoms with Gasteiger partial charge in [-0.3, -0.25) is 14.2 Å². The van der Waals surface area contributed by atoms with E-state index in [4.69, 9.17) is 0 Å². The number of carbonyl (C=O) groups excluding carboxylic acids is 2. The number of nitrogens with one attached hydrogen (secondary N) is 3. The van der Waals surface area contributed by atoms with Gasteiger partial charge in [0.2, 0.25) is 11.8 Å². The van der Waals surface area contributed by atoms with E-state index >= 15 is 0 Å². The van der Waals surface area contributed by atoms with Crippen LogP contribution in [0.2, 0.25) is 0 Å². The van der Waals surface area contributed by atoms with Crippen molar-refractivity contribution in [3.05, 3.63) is 75.1 Å². The fraction of sp³-hybridized carbons (Fsp3) is 0.200. The Hall–Kier alpha value is -2.85. The summed E-state index contributed by atoms with van der Waals surface area (Å²) in [5, 5.41) is 12.1. The predicted octanol–water partition coefficient (Wildman–Crippen LogP) is 2.42. The summed E-state index contributed by atoms with van der Waals surface area (Å²) < 4.78 is 2.26. The summed E-state index contributed by atoms with van der Waals surface area (Å²) in [6, 6.07) is 17.0. The minimum Gasteiger partial charge on any atom is -0.346 e. The van der Waals surface area contributed by atoms with Gasteiger partial charge in [-0.05, 0) is 40.0 Å². The third-order valence-electron chi connectivity index (χ3n) is 4.12. The van der Waals surface area contributed by atoms with Crippen LogP contribution in [0.1, 0.15) is 5.56 Å². The zero-order valence-corrected chi connectivity index (χ0v) is 18.3. The van der Waals surface area contributed by atoms with Crippen LogP contribution in [0, 0.1) is 0 Å². The fourth-order valence-corrected chi connectivity index (χ4v) is 3.80. The number of amides is 2. The number of halogens is 1. The van der Waals surface area contributed by atoms with E-state index in [-0.39, 0.29) is 29.8 Å². The zero-order chi connectivity index (χ0) is 21.3. The van der Waals surface area contributed by atoms with Gasteiger partial charge in [0.05, 0.1) is 18.0 Å². The third kappa shape index (κ3) is 6.33. The maximum Gasteiger partial charge on any atom is 0.343 e. The second-order valence-corrected chi connectivity index (χ2v) is 8.09. The number of nitrogens with zero attached hydrogens (tertiary/aromatic N) is 2. The zero-order valence-electron chi connectivity index (χ0n) is 15.9. The van der Waals surface area contributed by atoms with Crippen LogP contribution in [-0.2, 0) is 22.6 Å². The smallest absolute Gasteiger partial charge is 0.343 e. The van der Waals surface area contributed by atoms with Crippen LogP contribution in [0.15, 0.2) is 69.0 Å². The molecule has 0 saturated heterocycles. The highest BCUT2D eigenvalue weighted by molar-refractivity contribution is 9.10. The molecule has 0 fully saturated rings. The molecule has 2 amide bonds. The van der Waals surface area contributed by atoms with Crippen molar-refractivity contribution in [2.24, 2.45) is 0 Å². The lowest BCUT2D eigenvalue weighted by Crippen LogP contribution is -2.34. The minimum atomic E-state index is -0.334. The number of benzene rings is 2. The molecule has 3 rings (SSSR count). The van der Waals surface area contributed by atoms with Crippen molar-refractivity contribution in [3.8, 4) is 0 Å². The Labute approximate surface area is 185 Å². The molecule has 0 bridgehead atoms. The van der Waals surface area contributed by atoms with Crippen molar-refractivity contribution in [2.45, 2.75) is 18.1 Å². The second kappa shape index (κ2) is 10.8. The quantitative estimate of drug-likeness (QED) is 0.400. The number of para-hydroxylation sites is 1. The molecular weight excluding hydrogens is 470 g/mol. The molecule has 3 N–H and O–H groups in total. The van der Waals surface area contributed by atoms with E-state index in [0.29, 0.717) is 23.8 Å². The van der Waals surface area contributed by atoms with Gasteiger partial charge in [-0.25, -0.2) is 9.89 Å². The summed E-state index contributed by atoms with van der Waals surface area (Å²) in [7, 11) is 0. The number of aromatic amines is 1. The van der Waals surface area contributed by atoms with Crippen molar-refractivity contribution >= 4 is 45.2 Å². The van der Waals surface area contributed by atoms with E-state index in [1.54, 1.807) is 12.1 Å². The van der Waals surface area contributed by atoms with Crippen molar-refractivity contribution in [2.75, 3.05) is 17.6 Å². The lowest BCUT2D eigenvalue weighted by Gasteiger charge is -2.08. The predicted molar refractivity (Wildman–Crippen MR) is 119 cm³/mol. The first-order valence-corrected chi connectivity index (χ1v) is 10.9. The molecule has 0 saturated carbocycles. The van der Waals surface area contributed by atoms with Crippen LogP contribution in [0.4, 0.5) is 5.69 Å². The number of H-pyrrole nitrogens is 1. The van der Waals surface area contributed by atoms with E-state index < -0.39 is 0 Å². The maximum absolute atomic E-state index is 12.1. The topological polar surface area (TPSA) is 109 Å². The molecule has 0 spiro atoms. The molecule has 3 aromatic rings. The Morgan fingerprint density at radius 3 is 2.57 bits per heavy atom. The summed E-state index contributed by atoms with van der Waals surface area (Å²) >= 11 is 4.49. The third-order valence-corrected chi connectivity index (χ3v) is 5.78. The Balaban J connectivity index is 1.46. The largest absolute Gasteiger partial charge is 0.346 e. The lowest BCUT2D eigenvalue weighted by atomic mass is 10.1. The summed E-state index contributed by atoms with van der Waals surface area (Å²) in [6.07, 6.45) is 0.676. The number of anilines is 1. The first-order chi connectivity index (χ1) is 14.5. The summed E-state index contributed by atoms with van der Waals surface area (Å²) in [6.45, 7) is 0.305. The molecule has 0 unspecified atom stereocenters. The molecule has 30 heavy (non-hydrogen) atoms. The standard InChI is InChI=1S/C20H20BrN5O3S/c21-15-8-4-5-9-16(15)23-17(27)12-22-18(28)13-30-20-25-24-19(29)26(20)11-10-14-6-2-1-3-7-14/h1-9H,10-13H2,(H,22,28)(H,23,27)(H,24,29). The van der Waals surface area contributed by atoms with Gasteiger partial charge in [-0.15, -0.1) is 5.10 Å². The molecule has 0 aliphatic rings. The van der Waals surface area contributed by atoms with Crippen LogP contribution in [0.25, 0.3) is 0 Å². The number of carbonyl (C=O) groups is 2. The molecule has 1 aromatic heterocycles. The molecule has 2 aromatic carbocycles. The van der Waals surface area contributed by atoms with E-state index in [9.17, 15) is 14.4 Å². The van der Waals surface area contributed by atoms with Crippen LogP contribution in [0.3, 0.4) is 0 Å². The number of aryl methyl sites for hydroxylation is 1. The van der Waals surface area contributed by atoms with Gasteiger partial charge in [0.15, 0.2) is 5.16 Å². The molecule has 8 nitrogen and oxygen atoms in total.